The summed E-state index contributed by atoms with van der Waals surface area (Å²) in [5, 5.41) is 8.51. The molecule has 0 aliphatic rings. The lowest BCUT2D eigenvalue weighted by Gasteiger charge is -1.97. The van der Waals surface area contributed by atoms with Crippen molar-refractivity contribution in [3.63, 3.8) is 0 Å². The lowest BCUT2D eigenvalue weighted by atomic mass is 10.2. The number of Topliss-reactive ketones (excluding diaryl/α,β-unsaturated/α-hetero) is 1. The number of carboxylic acid groups (broad SMARTS) is 1. The van der Waals surface area contributed by atoms with Crippen LogP contribution in [0.15, 0.2) is 12.1 Å². The summed E-state index contributed by atoms with van der Waals surface area (Å²) in [4.78, 5) is 24.4. The minimum Gasteiger partial charge on any atom is -0.478 e. The summed E-state index contributed by atoms with van der Waals surface area (Å²) >= 11 is 0. The van der Waals surface area contributed by atoms with Gasteiger partial charge < -0.3 is 5.11 Å². The molecule has 0 amide bonds. The molecule has 68 valence electrons. The van der Waals surface area contributed by atoms with E-state index in [1.807, 2.05) is 0 Å². The van der Waals surface area contributed by atoms with Crippen LogP contribution < -0.4 is 0 Å². The summed E-state index contributed by atoms with van der Waals surface area (Å²) in [6.07, 6.45) is 0. The van der Waals surface area contributed by atoms with E-state index in [0.717, 1.165) is 12.1 Å². The summed E-state index contributed by atoms with van der Waals surface area (Å²) in [6, 6.07) is 1.79. The number of ketones is 1. The van der Waals surface area contributed by atoms with Crippen LogP contribution in [0.5, 0.6) is 0 Å². The van der Waals surface area contributed by atoms with Crippen LogP contribution in [-0.4, -0.2) is 21.8 Å². The Hall–Kier alpha value is -1.78. The van der Waals surface area contributed by atoms with E-state index in [4.69, 9.17) is 5.11 Å². The summed E-state index contributed by atoms with van der Waals surface area (Å²) < 4.78 is 12.6. The molecule has 0 saturated heterocycles. The second kappa shape index (κ2) is 3.30. The van der Waals surface area contributed by atoms with Gasteiger partial charge in [0.05, 0.1) is 5.56 Å². The quantitative estimate of drug-likeness (QED) is 0.551. The minimum atomic E-state index is -1.29. The Labute approximate surface area is 73.0 Å². The Morgan fingerprint density at radius 1 is 1.46 bits per heavy atom. The molecule has 1 N–H and O–H groups in total. The van der Waals surface area contributed by atoms with Crippen molar-refractivity contribution in [2.45, 2.75) is 6.92 Å². The van der Waals surface area contributed by atoms with E-state index in [2.05, 4.69) is 4.98 Å². The molecule has 0 spiro atoms. The number of pyridine rings is 1. The highest BCUT2D eigenvalue weighted by atomic mass is 19.1. The molecule has 4 nitrogen and oxygen atoms in total. The second-order valence-corrected chi connectivity index (χ2v) is 2.43. The van der Waals surface area contributed by atoms with E-state index in [1.165, 1.54) is 6.92 Å². The normalized spacial score (nSPS) is 9.69. The minimum absolute atomic E-state index is 0.183. The van der Waals surface area contributed by atoms with Gasteiger partial charge in [-0.05, 0) is 6.07 Å². The number of rotatable bonds is 2. The average molecular weight is 183 g/mol. The van der Waals surface area contributed by atoms with Crippen molar-refractivity contribution in [3.05, 3.63) is 29.3 Å². The molecule has 0 aliphatic heterocycles. The molecule has 0 aliphatic carbocycles. The van der Waals surface area contributed by atoms with Gasteiger partial charge in [-0.3, -0.25) is 4.79 Å². The molecule has 1 rings (SSSR count). The monoisotopic (exact) mass is 183 g/mol. The number of aromatic carboxylic acids is 1. The molecule has 13 heavy (non-hydrogen) atoms. The zero-order chi connectivity index (χ0) is 10.0. The molecule has 0 aromatic carbocycles. The van der Waals surface area contributed by atoms with E-state index in [0.29, 0.717) is 0 Å². The first-order chi connectivity index (χ1) is 6.00. The molecule has 0 atom stereocenters. The summed E-state index contributed by atoms with van der Waals surface area (Å²) in [5.41, 5.74) is -0.463. The third-order valence-electron chi connectivity index (χ3n) is 1.40. The predicted molar refractivity (Wildman–Crippen MR) is 41.2 cm³/mol. The van der Waals surface area contributed by atoms with Crippen LogP contribution in [0, 0.1) is 5.95 Å². The highest BCUT2D eigenvalue weighted by molar-refractivity contribution is 5.95. The zero-order valence-electron chi connectivity index (χ0n) is 6.74. The van der Waals surface area contributed by atoms with Gasteiger partial charge in [0.25, 0.3) is 0 Å². The maximum absolute atomic E-state index is 12.6. The van der Waals surface area contributed by atoms with Gasteiger partial charge >= 0.3 is 5.97 Å². The first-order valence-corrected chi connectivity index (χ1v) is 3.42. The van der Waals surface area contributed by atoms with Gasteiger partial charge in [0, 0.05) is 13.0 Å². The van der Waals surface area contributed by atoms with Gasteiger partial charge in [0.2, 0.25) is 5.95 Å². The summed E-state index contributed by atoms with van der Waals surface area (Å²) in [6.45, 7) is 1.19. The van der Waals surface area contributed by atoms with Crippen molar-refractivity contribution >= 4 is 11.8 Å². The topological polar surface area (TPSA) is 67.3 Å². The first kappa shape index (κ1) is 9.31. The van der Waals surface area contributed by atoms with Gasteiger partial charge in [-0.15, -0.1) is 0 Å². The summed E-state index contributed by atoms with van der Waals surface area (Å²) in [5.74, 6) is -2.73. The number of hydrogen-bond donors (Lipinski definition) is 1. The number of nitrogens with zero attached hydrogens (tertiary/aromatic N) is 1. The molecule has 5 heteroatoms. The highest BCUT2D eigenvalue weighted by Gasteiger charge is 2.10. The van der Waals surface area contributed by atoms with E-state index in [9.17, 15) is 14.0 Å². The number of hydrogen-bond acceptors (Lipinski definition) is 3. The van der Waals surface area contributed by atoms with E-state index < -0.39 is 17.7 Å². The Morgan fingerprint density at radius 2 is 2.08 bits per heavy atom. The average Bonchev–Trinajstić information content (AvgIpc) is 2.03. The Kier molecular flexibility index (Phi) is 2.36. The lowest BCUT2D eigenvalue weighted by Crippen LogP contribution is -2.04. The lowest BCUT2D eigenvalue weighted by molar-refractivity contribution is 0.0696. The maximum Gasteiger partial charge on any atom is 0.335 e. The number of carbonyl (C=O) groups is 2. The van der Waals surface area contributed by atoms with Crippen LogP contribution in [0.4, 0.5) is 4.39 Å². The van der Waals surface area contributed by atoms with Crippen LogP contribution in [0.1, 0.15) is 27.8 Å². The van der Waals surface area contributed by atoms with E-state index in [-0.39, 0.29) is 11.3 Å². The van der Waals surface area contributed by atoms with Crippen LogP contribution in [0.2, 0.25) is 0 Å². The summed E-state index contributed by atoms with van der Waals surface area (Å²) in [7, 11) is 0. The standard InChI is InChI=1S/C8H6FNO3/c1-4(11)6-2-5(8(12)13)3-7(9)10-6/h2-3H,1H3,(H,12,13). The maximum atomic E-state index is 12.6. The molecule has 1 aromatic heterocycles. The second-order valence-electron chi connectivity index (χ2n) is 2.43. The fourth-order valence-corrected chi connectivity index (χ4v) is 0.801. The molecule has 0 radical (unpaired) electrons. The van der Waals surface area contributed by atoms with Crippen molar-refractivity contribution in [1.82, 2.24) is 4.98 Å². The van der Waals surface area contributed by atoms with Gasteiger partial charge in [0.15, 0.2) is 5.78 Å². The van der Waals surface area contributed by atoms with Gasteiger partial charge in [-0.1, -0.05) is 0 Å². The number of carbonyl (C=O) groups excluding carboxylic acids is 1. The molecule has 0 bridgehead atoms. The van der Waals surface area contributed by atoms with Gasteiger partial charge in [-0.2, -0.15) is 4.39 Å². The smallest absolute Gasteiger partial charge is 0.335 e. The van der Waals surface area contributed by atoms with Crippen molar-refractivity contribution in [2.75, 3.05) is 0 Å². The largest absolute Gasteiger partial charge is 0.478 e. The molecule has 1 heterocycles. The fourth-order valence-electron chi connectivity index (χ4n) is 0.801. The molecule has 0 unspecified atom stereocenters. The molecule has 0 saturated carbocycles. The van der Waals surface area contributed by atoms with Crippen molar-refractivity contribution in [2.24, 2.45) is 0 Å². The van der Waals surface area contributed by atoms with Crippen LogP contribution >= 0.6 is 0 Å². The SMILES string of the molecule is CC(=O)c1cc(C(=O)O)cc(F)n1. The Bertz CT molecular complexity index is 343. The Morgan fingerprint density at radius 3 is 2.54 bits per heavy atom. The molecule has 0 fully saturated rings. The number of halogens is 1. The number of aromatic nitrogens is 1. The van der Waals surface area contributed by atoms with Crippen LogP contribution in [0.3, 0.4) is 0 Å². The first-order valence-electron chi connectivity index (χ1n) is 3.42. The molecule has 1 aromatic rings. The number of carboxylic acids is 1. The Balaban J connectivity index is 3.26. The zero-order valence-corrected chi connectivity index (χ0v) is 6.74. The van der Waals surface area contributed by atoms with Gasteiger partial charge in [-0.25, -0.2) is 9.78 Å². The third-order valence-corrected chi connectivity index (χ3v) is 1.40. The predicted octanol–water partition coefficient (Wildman–Crippen LogP) is 1.12. The van der Waals surface area contributed by atoms with Crippen molar-refractivity contribution in [3.8, 4) is 0 Å². The highest BCUT2D eigenvalue weighted by Crippen LogP contribution is 2.05. The van der Waals surface area contributed by atoms with Crippen molar-refractivity contribution in [1.29, 1.82) is 0 Å². The molecular formula is C8H6FNO3. The van der Waals surface area contributed by atoms with E-state index in [1.54, 1.807) is 0 Å². The van der Waals surface area contributed by atoms with Crippen LogP contribution in [0.25, 0.3) is 0 Å². The van der Waals surface area contributed by atoms with Crippen molar-refractivity contribution < 1.29 is 19.1 Å². The fraction of sp³-hybridized carbons (Fsp3) is 0.125. The van der Waals surface area contributed by atoms with Crippen LogP contribution in [-0.2, 0) is 0 Å². The third kappa shape index (κ3) is 2.08. The molecular weight excluding hydrogens is 177 g/mol. The van der Waals surface area contributed by atoms with Gasteiger partial charge in [0.1, 0.15) is 5.69 Å². The van der Waals surface area contributed by atoms with E-state index >= 15 is 0 Å².